The van der Waals surface area contributed by atoms with E-state index < -0.39 is 0 Å². The summed E-state index contributed by atoms with van der Waals surface area (Å²) in [6.07, 6.45) is 0. The van der Waals surface area contributed by atoms with Crippen LogP contribution in [0.3, 0.4) is 0 Å². The lowest BCUT2D eigenvalue weighted by Crippen LogP contribution is -1.93. The molecule has 7 heteroatoms. The van der Waals surface area contributed by atoms with E-state index in [4.69, 9.17) is 34.8 Å². The molecule has 0 spiro atoms. The molecule has 0 aliphatic carbocycles. The summed E-state index contributed by atoms with van der Waals surface area (Å²) in [5.74, 6) is 0.523. The Labute approximate surface area is 134 Å². The maximum Gasteiger partial charge on any atom is 0.173 e. The Morgan fingerprint density at radius 3 is 2.30 bits per heavy atom. The van der Waals surface area contributed by atoms with Gasteiger partial charge in [-0.15, -0.1) is 11.3 Å². The largest absolute Gasteiger partial charge is 0.246 e. The van der Waals surface area contributed by atoms with Gasteiger partial charge in [-0.05, 0) is 26.0 Å². The van der Waals surface area contributed by atoms with Crippen LogP contribution in [0.5, 0.6) is 0 Å². The molecule has 3 aromatic rings. The molecule has 0 N–H and O–H groups in total. The van der Waals surface area contributed by atoms with Crippen LogP contribution in [0.2, 0.25) is 15.2 Å². The fourth-order valence-corrected chi connectivity index (χ4v) is 3.58. The third-order valence-corrected chi connectivity index (χ3v) is 4.77. The molecule has 0 fully saturated rings. The van der Waals surface area contributed by atoms with Crippen molar-refractivity contribution in [2.45, 2.75) is 13.8 Å². The Balaban J connectivity index is 2.35. The molecule has 2 aromatic heterocycles. The molecular weight excluding hydrogens is 337 g/mol. The van der Waals surface area contributed by atoms with E-state index in [0.29, 0.717) is 31.9 Å². The molecular formula is C13H8Cl3N3S. The molecule has 0 atom stereocenters. The van der Waals surface area contributed by atoms with Crippen LogP contribution in [-0.4, -0.2) is 15.0 Å². The van der Waals surface area contributed by atoms with Gasteiger partial charge in [0, 0.05) is 0 Å². The van der Waals surface area contributed by atoms with Crippen molar-refractivity contribution in [3.63, 3.8) is 0 Å². The fraction of sp³-hybridized carbons (Fsp3) is 0.154. The van der Waals surface area contributed by atoms with Crippen LogP contribution in [-0.2, 0) is 0 Å². The zero-order valence-corrected chi connectivity index (χ0v) is 13.6. The van der Waals surface area contributed by atoms with Crippen LogP contribution < -0.4 is 0 Å². The van der Waals surface area contributed by atoms with Gasteiger partial charge in [0.25, 0.3) is 0 Å². The van der Waals surface area contributed by atoms with Crippen molar-refractivity contribution >= 4 is 57.0 Å². The predicted octanol–water partition coefficient (Wildman–Crippen LogP) is 5.33. The first-order valence-electron chi connectivity index (χ1n) is 5.73. The van der Waals surface area contributed by atoms with Crippen LogP contribution >= 0.6 is 46.1 Å². The van der Waals surface area contributed by atoms with Crippen molar-refractivity contribution < 1.29 is 0 Å². The maximum atomic E-state index is 6.24. The molecule has 0 aliphatic rings. The molecule has 0 aliphatic heterocycles. The lowest BCUT2D eigenvalue weighted by molar-refractivity contribution is 1.17. The van der Waals surface area contributed by atoms with E-state index in [1.807, 2.05) is 13.8 Å². The molecule has 0 unspecified atom stereocenters. The van der Waals surface area contributed by atoms with Crippen LogP contribution in [0, 0.1) is 13.8 Å². The second-order valence-corrected chi connectivity index (χ2v) is 6.61. The van der Waals surface area contributed by atoms with E-state index in [-0.39, 0.29) is 0 Å². The minimum absolute atomic E-state index is 0.294. The minimum Gasteiger partial charge on any atom is -0.246 e. The van der Waals surface area contributed by atoms with Crippen LogP contribution in [0.4, 0.5) is 0 Å². The number of aromatic nitrogens is 3. The Morgan fingerprint density at radius 1 is 0.950 bits per heavy atom. The number of halogens is 3. The van der Waals surface area contributed by atoms with E-state index in [0.717, 1.165) is 15.6 Å². The Hall–Kier alpha value is -0.940. The topological polar surface area (TPSA) is 38.7 Å². The van der Waals surface area contributed by atoms with Crippen molar-refractivity contribution in [1.29, 1.82) is 0 Å². The molecule has 0 saturated heterocycles. The first-order valence-corrected chi connectivity index (χ1v) is 7.68. The molecule has 20 heavy (non-hydrogen) atoms. The number of hydrogen-bond donors (Lipinski definition) is 0. The van der Waals surface area contributed by atoms with Crippen molar-refractivity contribution in [3.8, 4) is 10.7 Å². The zero-order valence-electron chi connectivity index (χ0n) is 10.5. The first-order chi connectivity index (χ1) is 9.47. The monoisotopic (exact) mass is 343 g/mol. The molecule has 0 saturated carbocycles. The highest BCUT2D eigenvalue weighted by atomic mass is 35.5. The number of rotatable bonds is 1. The molecule has 2 heterocycles. The van der Waals surface area contributed by atoms with Gasteiger partial charge in [0.15, 0.2) is 5.82 Å². The lowest BCUT2D eigenvalue weighted by atomic mass is 10.2. The lowest BCUT2D eigenvalue weighted by Gasteiger charge is -2.06. The zero-order chi connectivity index (χ0) is 14.4. The summed E-state index contributed by atoms with van der Waals surface area (Å²) in [6.45, 7) is 3.85. The molecule has 0 amide bonds. The maximum absolute atomic E-state index is 6.24. The van der Waals surface area contributed by atoms with Crippen molar-refractivity contribution in [2.24, 2.45) is 0 Å². The van der Waals surface area contributed by atoms with E-state index in [9.17, 15) is 0 Å². The van der Waals surface area contributed by atoms with Crippen molar-refractivity contribution in [3.05, 3.63) is 38.0 Å². The van der Waals surface area contributed by atoms with Crippen LogP contribution in [0.25, 0.3) is 21.6 Å². The highest BCUT2D eigenvalue weighted by molar-refractivity contribution is 7.15. The fourth-order valence-electron chi connectivity index (χ4n) is 1.97. The average molecular weight is 345 g/mol. The van der Waals surface area contributed by atoms with Crippen molar-refractivity contribution in [1.82, 2.24) is 15.0 Å². The SMILES string of the molecule is Cc1nc(C)c(-c2nc(Cl)c3c(Cl)ccc(Cl)c3n2)s1. The average Bonchev–Trinajstić information content (AvgIpc) is 2.72. The van der Waals surface area contributed by atoms with Gasteiger partial charge in [-0.25, -0.2) is 15.0 Å². The first kappa shape index (κ1) is 14.0. The summed E-state index contributed by atoms with van der Waals surface area (Å²) in [5, 5.41) is 2.80. The van der Waals surface area contributed by atoms with Gasteiger partial charge < -0.3 is 0 Å². The van der Waals surface area contributed by atoms with E-state index >= 15 is 0 Å². The van der Waals surface area contributed by atoms with Gasteiger partial charge in [-0.3, -0.25) is 0 Å². The Morgan fingerprint density at radius 2 is 1.65 bits per heavy atom. The molecule has 3 nitrogen and oxygen atoms in total. The third-order valence-electron chi connectivity index (χ3n) is 2.81. The number of nitrogens with zero attached hydrogens (tertiary/aromatic N) is 3. The summed E-state index contributed by atoms with van der Waals surface area (Å²) in [4.78, 5) is 14.1. The quantitative estimate of drug-likeness (QED) is 0.560. The van der Waals surface area contributed by atoms with Gasteiger partial charge in [-0.2, -0.15) is 0 Å². The van der Waals surface area contributed by atoms with Gasteiger partial charge in [-0.1, -0.05) is 34.8 Å². The van der Waals surface area contributed by atoms with E-state index in [2.05, 4.69) is 15.0 Å². The number of hydrogen-bond acceptors (Lipinski definition) is 4. The number of aryl methyl sites for hydroxylation is 2. The van der Waals surface area contributed by atoms with E-state index in [1.165, 1.54) is 11.3 Å². The molecule has 0 radical (unpaired) electrons. The smallest absolute Gasteiger partial charge is 0.173 e. The van der Waals surface area contributed by atoms with Gasteiger partial charge >= 0.3 is 0 Å². The van der Waals surface area contributed by atoms with E-state index in [1.54, 1.807) is 12.1 Å². The van der Waals surface area contributed by atoms with Gasteiger partial charge in [0.05, 0.1) is 36.5 Å². The molecule has 0 bridgehead atoms. The summed E-state index contributed by atoms with van der Waals surface area (Å²) < 4.78 is 0. The summed E-state index contributed by atoms with van der Waals surface area (Å²) >= 11 is 20.1. The minimum atomic E-state index is 0.294. The van der Waals surface area contributed by atoms with Crippen molar-refractivity contribution in [2.75, 3.05) is 0 Å². The highest BCUT2D eigenvalue weighted by Crippen LogP contribution is 2.36. The Bertz CT molecular complexity index is 829. The summed E-state index contributed by atoms with van der Waals surface area (Å²) in [7, 11) is 0. The summed E-state index contributed by atoms with van der Waals surface area (Å²) in [6, 6.07) is 3.38. The standard InChI is InChI=1S/C13H8Cl3N3S/c1-5-11(20-6(2)17-5)13-18-10-8(15)4-3-7(14)9(10)12(16)19-13/h3-4H,1-2H3. The predicted molar refractivity (Wildman–Crippen MR) is 85.2 cm³/mol. The van der Waals surface area contributed by atoms with Gasteiger partial charge in [0.1, 0.15) is 5.15 Å². The highest BCUT2D eigenvalue weighted by Gasteiger charge is 2.16. The molecule has 1 aromatic carbocycles. The van der Waals surface area contributed by atoms with Gasteiger partial charge in [0.2, 0.25) is 0 Å². The second kappa shape index (κ2) is 5.11. The molecule has 3 rings (SSSR count). The van der Waals surface area contributed by atoms with Crippen LogP contribution in [0.1, 0.15) is 10.7 Å². The summed E-state index contributed by atoms with van der Waals surface area (Å²) in [5.41, 5.74) is 1.43. The second-order valence-electron chi connectivity index (χ2n) is 4.24. The normalized spacial score (nSPS) is 11.2. The number of thiazole rings is 1. The number of benzene rings is 1. The Kier molecular flexibility index (Phi) is 3.58. The van der Waals surface area contributed by atoms with Crippen LogP contribution in [0.15, 0.2) is 12.1 Å². The number of fused-ring (bicyclic) bond motifs is 1. The molecule has 102 valence electrons. The third kappa shape index (κ3) is 2.27.